The zero-order valence-corrected chi connectivity index (χ0v) is 10.5. The fourth-order valence-corrected chi connectivity index (χ4v) is 1.73. The molecule has 0 fully saturated rings. The van der Waals surface area contributed by atoms with Crippen LogP contribution in [-0.4, -0.2) is 17.9 Å². The number of nitrogens with one attached hydrogen (secondary N) is 1. The monoisotopic (exact) mass is 273 g/mol. The first kappa shape index (κ1) is 11.6. The number of hydrogen-bond acceptors (Lipinski definition) is 2. The van der Waals surface area contributed by atoms with E-state index in [1.807, 2.05) is 31.4 Å². The van der Waals surface area contributed by atoms with Crippen LogP contribution < -0.4 is 5.32 Å². The number of amides is 1. The van der Waals surface area contributed by atoms with Gasteiger partial charge in [0.1, 0.15) is 0 Å². The Bertz CT molecular complexity index is 341. The third-order valence-electron chi connectivity index (χ3n) is 1.67. The molecule has 0 saturated carbocycles. The van der Waals surface area contributed by atoms with Gasteiger partial charge in [-0.3, -0.25) is 4.79 Å². The van der Waals surface area contributed by atoms with Gasteiger partial charge in [-0.2, -0.15) is 11.8 Å². The minimum absolute atomic E-state index is 0.0313. The Balaban J connectivity index is 2.75. The fourth-order valence-electron chi connectivity index (χ4n) is 1.05. The molecule has 2 nitrogen and oxygen atoms in total. The molecule has 0 aromatic heterocycles. The van der Waals surface area contributed by atoms with Gasteiger partial charge in [-0.1, -0.05) is 6.07 Å². The second-order valence-corrected chi connectivity index (χ2v) is 4.68. The maximum Gasteiger partial charge on any atom is 0.234 e. The van der Waals surface area contributed by atoms with Crippen molar-refractivity contribution in [1.29, 1.82) is 0 Å². The van der Waals surface area contributed by atoms with Gasteiger partial charge in [0, 0.05) is 4.47 Å². The van der Waals surface area contributed by atoms with Crippen molar-refractivity contribution < 1.29 is 4.79 Å². The number of carbonyl (C=O) groups is 1. The molecule has 1 aromatic carbocycles. The number of thioether (sulfide) groups is 1. The SMILES string of the molecule is CSCC(=O)Nc1cc(C)ccc1Br. The summed E-state index contributed by atoms with van der Waals surface area (Å²) in [5, 5.41) is 2.85. The van der Waals surface area contributed by atoms with E-state index in [-0.39, 0.29) is 5.91 Å². The highest BCUT2D eigenvalue weighted by molar-refractivity contribution is 9.10. The van der Waals surface area contributed by atoms with Crippen LogP contribution in [0.4, 0.5) is 5.69 Å². The molecule has 1 N–H and O–H groups in total. The first-order valence-corrected chi connectivity index (χ1v) is 6.37. The Morgan fingerprint density at radius 1 is 1.57 bits per heavy atom. The van der Waals surface area contributed by atoms with E-state index in [1.165, 1.54) is 11.8 Å². The van der Waals surface area contributed by atoms with Crippen molar-refractivity contribution in [2.75, 3.05) is 17.3 Å². The molecule has 0 spiro atoms. The summed E-state index contributed by atoms with van der Waals surface area (Å²) in [4.78, 5) is 11.3. The predicted octanol–water partition coefficient (Wildman–Crippen LogP) is 3.06. The molecule has 0 atom stereocenters. The van der Waals surface area contributed by atoms with Crippen LogP contribution in [0.3, 0.4) is 0 Å². The minimum atomic E-state index is 0.0313. The highest BCUT2D eigenvalue weighted by Gasteiger charge is 2.04. The lowest BCUT2D eigenvalue weighted by Gasteiger charge is -2.07. The van der Waals surface area contributed by atoms with Crippen molar-refractivity contribution in [1.82, 2.24) is 0 Å². The molecule has 1 amide bonds. The molecule has 0 bridgehead atoms. The minimum Gasteiger partial charge on any atom is -0.324 e. The maximum absolute atomic E-state index is 11.3. The number of carbonyl (C=O) groups excluding carboxylic acids is 1. The summed E-state index contributed by atoms with van der Waals surface area (Å²) in [6.45, 7) is 2.00. The quantitative estimate of drug-likeness (QED) is 0.917. The standard InChI is InChI=1S/C10H12BrNOS/c1-7-3-4-8(11)9(5-7)12-10(13)6-14-2/h3-5H,6H2,1-2H3,(H,12,13). The predicted molar refractivity (Wildman–Crippen MR) is 65.9 cm³/mol. The number of aryl methyl sites for hydroxylation is 1. The largest absolute Gasteiger partial charge is 0.324 e. The third-order valence-corrected chi connectivity index (χ3v) is 2.91. The van der Waals surface area contributed by atoms with Gasteiger partial charge in [0.2, 0.25) is 5.91 Å². The van der Waals surface area contributed by atoms with E-state index in [0.29, 0.717) is 5.75 Å². The Kier molecular flexibility index (Phi) is 4.48. The van der Waals surface area contributed by atoms with Gasteiger partial charge in [0.25, 0.3) is 0 Å². The van der Waals surface area contributed by atoms with Crippen molar-refractivity contribution in [3.8, 4) is 0 Å². The lowest BCUT2D eigenvalue weighted by atomic mass is 10.2. The first-order valence-electron chi connectivity index (χ1n) is 4.18. The summed E-state index contributed by atoms with van der Waals surface area (Å²) in [7, 11) is 0. The summed E-state index contributed by atoms with van der Waals surface area (Å²) < 4.78 is 0.914. The summed E-state index contributed by atoms with van der Waals surface area (Å²) in [6.07, 6.45) is 1.91. The molecule has 0 unspecified atom stereocenters. The van der Waals surface area contributed by atoms with Gasteiger partial charge < -0.3 is 5.32 Å². The molecule has 0 radical (unpaired) electrons. The van der Waals surface area contributed by atoms with Crippen molar-refractivity contribution in [2.45, 2.75) is 6.92 Å². The molecule has 1 aromatic rings. The summed E-state index contributed by atoms with van der Waals surface area (Å²) in [5.41, 5.74) is 1.97. The number of halogens is 1. The summed E-state index contributed by atoms with van der Waals surface area (Å²) in [6, 6.07) is 5.88. The highest BCUT2D eigenvalue weighted by Crippen LogP contribution is 2.23. The maximum atomic E-state index is 11.3. The van der Waals surface area contributed by atoms with Crippen LogP contribution >= 0.6 is 27.7 Å². The average Bonchev–Trinajstić information content (AvgIpc) is 2.12. The molecule has 0 saturated heterocycles. The van der Waals surface area contributed by atoms with Gasteiger partial charge in [-0.15, -0.1) is 0 Å². The van der Waals surface area contributed by atoms with Gasteiger partial charge in [-0.25, -0.2) is 0 Å². The van der Waals surface area contributed by atoms with Crippen LogP contribution in [0.15, 0.2) is 22.7 Å². The molecule has 76 valence electrons. The van der Waals surface area contributed by atoms with Gasteiger partial charge in [-0.05, 0) is 46.8 Å². The molecule has 4 heteroatoms. The Morgan fingerprint density at radius 2 is 2.29 bits per heavy atom. The molecule has 0 aliphatic rings. The van der Waals surface area contributed by atoms with E-state index in [2.05, 4.69) is 21.2 Å². The number of benzene rings is 1. The molecule has 14 heavy (non-hydrogen) atoms. The van der Waals surface area contributed by atoms with E-state index in [0.717, 1.165) is 15.7 Å². The fraction of sp³-hybridized carbons (Fsp3) is 0.300. The van der Waals surface area contributed by atoms with Gasteiger partial charge >= 0.3 is 0 Å². The smallest absolute Gasteiger partial charge is 0.234 e. The zero-order chi connectivity index (χ0) is 10.6. The average molecular weight is 274 g/mol. The Labute approximate surface area is 96.6 Å². The van der Waals surface area contributed by atoms with Crippen molar-refractivity contribution >= 4 is 39.3 Å². The summed E-state index contributed by atoms with van der Waals surface area (Å²) >= 11 is 4.90. The van der Waals surface area contributed by atoms with Crippen LogP contribution in [0.5, 0.6) is 0 Å². The van der Waals surface area contributed by atoms with E-state index < -0.39 is 0 Å². The molecule has 1 rings (SSSR count). The number of hydrogen-bond donors (Lipinski definition) is 1. The van der Waals surface area contributed by atoms with Crippen LogP contribution in [0.2, 0.25) is 0 Å². The molecule has 0 aliphatic carbocycles. The Hall–Kier alpha value is -0.480. The molecular formula is C10H12BrNOS. The first-order chi connectivity index (χ1) is 6.63. The molecule has 0 aliphatic heterocycles. The lowest BCUT2D eigenvalue weighted by molar-refractivity contribution is -0.113. The number of rotatable bonds is 3. The highest BCUT2D eigenvalue weighted by atomic mass is 79.9. The van der Waals surface area contributed by atoms with Crippen LogP contribution in [0, 0.1) is 6.92 Å². The van der Waals surface area contributed by atoms with Gasteiger partial charge in [0.15, 0.2) is 0 Å². The van der Waals surface area contributed by atoms with Crippen molar-refractivity contribution in [3.05, 3.63) is 28.2 Å². The van der Waals surface area contributed by atoms with Crippen molar-refractivity contribution in [2.24, 2.45) is 0 Å². The van der Waals surface area contributed by atoms with Crippen LogP contribution in [0.1, 0.15) is 5.56 Å². The topological polar surface area (TPSA) is 29.1 Å². The van der Waals surface area contributed by atoms with E-state index in [9.17, 15) is 4.79 Å². The zero-order valence-electron chi connectivity index (χ0n) is 8.13. The van der Waals surface area contributed by atoms with E-state index >= 15 is 0 Å². The van der Waals surface area contributed by atoms with E-state index in [4.69, 9.17) is 0 Å². The van der Waals surface area contributed by atoms with Crippen LogP contribution in [0.25, 0.3) is 0 Å². The second-order valence-electron chi connectivity index (χ2n) is 2.96. The second kappa shape index (κ2) is 5.41. The number of anilines is 1. The summed E-state index contributed by atoms with van der Waals surface area (Å²) in [5.74, 6) is 0.518. The van der Waals surface area contributed by atoms with Crippen molar-refractivity contribution in [3.63, 3.8) is 0 Å². The Morgan fingerprint density at radius 3 is 2.93 bits per heavy atom. The third kappa shape index (κ3) is 3.35. The normalized spacial score (nSPS) is 9.93. The molecular weight excluding hydrogens is 262 g/mol. The van der Waals surface area contributed by atoms with Crippen LogP contribution in [-0.2, 0) is 4.79 Å². The molecule has 0 heterocycles. The van der Waals surface area contributed by atoms with Gasteiger partial charge in [0.05, 0.1) is 11.4 Å². The van der Waals surface area contributed by atoms with E-state index in [1.54, 1.807) is 0 Å². The lowest BCUT2D eigenvalue weighted by Crippen LogP contribution is -2.14.